The second-order valence-corrected chi connectivity index (χ2v) is 8.97. The van der Waals surface area contributed by atoms with Crippen molar-refractivity contribution in [2.75, 3.05) is 10.0 Å². The lowest BCUT2D eigenvalue weighted by atomic mass is 10.3. The molecule has 0 atom stereocenters. The van der Waals surface area contributed by atoms with Gasteiger partial charge in [-0.15, -0.1) is 11.3 Å². The van der Waals surface area contributed by atoms with Crippen molar-refractivity contribution in [1.82, 2.24) is 9.97 Å². The Morgan fingerprint density at radius 1 is 1.17 bits per heavy atom. The number of rotatable bonds is 7. The van der Waals surface area contributed by atoms with Crippen LogP contribution in [0.25, 0.3) is 16.7 Å². The molecule has 152 valence electrons. The second-order valence-electron chi connectivity index (χ2n) is 5.96. The number of fused-ring (bicyclic) bond motifs is 1. The molecule has 11 heteroatoms. The molecule has 0 spiro atoms. The fourth-order valence-electron chi connectivity index (χ4n) is 2.51. The molecule has 0 saturated heterocycles. The quantitative estimate of drug-likeness (QED) is 0.310. The van der Waals surface area contributed by atoms with Crippen LogP contribution in [0.1, 0.15) is 5.89 Å². The highest BCUT2D eigenvalue weighted by molar-refractivity contribution is 7.93. The Morgan fingerprint density at radius 3 is 2.67 bits per heavy atom. The van der Waals surface area contributed by atoms with Crippen LogP contribution in [0.2, 0.25) is 5.02 Å². The van der Waals surface area contributed by atoms with Crippen LogP contribution in [0, 0.1) is 0 Å². The summed E-state index contributed by atoms with van der Waals surface area (Å²) in [4.78, 5) is 19.7. The van der Waals surface area contributed by atoms with Gasteiger partial charge in [0.05, 0.1) is 10.5 Å². The van der Waals surface area contributed by atoms with Crippen LogP contribution in [0.5, 0.6) is 0 Å². The Balaban J connectivity index is 1.51. The van der Waals surface area contributed by atoms with Gasteiger partial charge in [0.1, 0.15) is 5.52 Å². The summed E-state index contributed by atoms with van der Waals surface area (Å²) in [6.07, 6.45) is 3.55. The summed E-state index contributed by atoms with van der Waals surface area (Å²) >= 11 is 7.12. The molecular formula is C19H13ClN4O4S2. The highest BCUT2D eigenvalue weighted by Crippen LogP contribution is 2.24. The van der Waals surface area contributed by atoms with Crippen molar-refractivity contribution in [1.29, 1.82) is 0 Å². The zero-order valence-corrected chi connectivity index (χ0v) is 17.5. The van der Waals surface area contributed by atoms with Crippen molar-refractivity contribution in [3.63, 3.8) is 0 Å². The van der Waals surface area contributed by atoms with Gasteiger partial charge >= 0.3 is 0 Å². The summed E-state index contributed by atoms with van der Waals surface area (Å²) in [6.45, 7) is 0. The van der Waals surface area contributed by atoms with Gasteiger partial charge in [0, 0.05) is 28.5 Å². The smallest absolute Gasteiger partial charge is 0.263 e. The highest BCUT2D eigenvalue weighted by atomic mass is 35.5. The maximum absolute atomic E-state index is 12.4. The molecule has 0 unspecified atom stereocenters. The molecule has 0 aliphatic carbocycles. The van der Waals surface area contributed by atoms with E-state index in [1.807, 2.05) is 0 Å². The van der Waals surface area contributed by atoms with Crippen LogP contribution in [0.15, 0.2) is 69.6 Å². The molecule has 4 aromatic rings. The number of halogens is 1. The monoisotopic (exact) mass is 460 g/mol. The topological polar surface area (TPSA) is 114 Å². The number of anilines is 2. The van der Waals surface area contributed by atoms with Gasteiger partial charge in [0.25, 0.3) is 10.0 Å². The third kappa shape index (κ3) is 4.35. The van der Waals surface area contributed by atoms with E-state index in [1.54, 1.807) is 35.7 Å². The molecule has 30 heavy (non-hydrogen) atoms. The van der Waals surface area contributed by atoms with Crippen LogP contribution < -0.4 is 10.0 Å². The Hall–Kier alpha value is -3.21. The molecule has 4 rings (SSSR count). The van der Waals surface area contributed by atoms with Crippen LogP contribution >= 0.6 is 22.9 Å². The first-order valence-electron chi connectivity index (χ1n) is 8.45. The summed E-state index contributed by atoms with van der Waals surface area (Å²) in [5.74, 6) is 0.140. The Labute approximate surface area is 180 Å². The molecule has 0 radical (unpaired) electrons. The number of carbonyl (C=O) groups excluding carboxylic acids is 1. The SMILES string of the molecule is O=C/C(=C/Nc1ccc(S(=O)(=O)Nc2nccs2)cc1)c1nc2cc(Cl)ccc2o1. The third-order valence-corrected chi connectivity index (χ3v) is 6.34. The predicted molar refractivity (Wildman–Crippen MR) is 116 cm³/mol. The van der Waals surface area contributed by atoms with Crippen LogP contribution in [-0.4, -0.2) is 24.7 Å². The van der Waals surface area contributed by atoms with E-state index in [1.165, 1.54) is 35.9 Å². The van der Waals surface area contributed by atoms with E-state index in [0.717, 1.165) is 0 Å². The number of aldehydes is 1. The molecule has 0 saturated carbocycles. The van der Waals surface area contributed by atoms with E-state index in [0.29, 0.717) is 28.1 Å². The van der Waals surface area contributed by atoms with Crippen LogP contribution in [-0.2, 0) is 14.8 Å². The van der Waals surface area contributed by atoms with Crippen molar-refractivity contribution in [2.24, 2.45) is 0 Å². The zero-order chi connectivity index (χ0) is 21.1. The fourth-order valence-corrected chi connectivity index (χ4v) is 4.46. The van der Waals surface area contributed by atoms with Gasteiger partial charge in [0.15, 0.2) is 17.0 Å². The van der Waals surface area contributed by atoms with Crippen LogP contribution in [0.3, 0.4) is 0 Å². The number of nitrogens with one attached hydrogen (secondary N) is 2. The number of allylic oxidation sites excluding steroid dienone is 1. The van der Waals surface area contributed by atoms with Crippen molar-refractivity contribution >= 4 is 66.7 Å². The molecule has 2 aromatic carbocycles. The number of thiazole rings is 1. The number of oxazole rings is 1. The van der Waals surface area contributed by atoms with Gasteiger partial charge in [-0.25, -0.2) is 18.4 Å². The summed E-state index contributed by atoms with van der Waals surface area (Å²) in [5, 5.41) is 5.40. The van der Waals surface area contributed by atoms with Crippen molar-refractivity contribution in [3.05, 3.63) is 71.2 Å². The lowest BCUT2D eigenvalue weighted by Gasteiger charge is -2.06. The standard InChI is InChI=1S/C19H13ClN4O4S2/c20-13-1-6-17-16(9-13)23-18(28-17)12(11-25)10-22-14-2-4-15(5-3-14)30(26,27)24-19-21-7-8-29-19/h1-11,22H,(H,21,24)/b12-10-. The molecule has 0 aliphatic rings. The molecule has 0 amide bonds. The summed E-state index contributed by atoms with van der Waals surface area (Å²) in [7, 11) is -3.73. The van der Waals surface area contributed by atoms with E-state index >= 15 is 0 Å². The summed E-state index contributed by atoms with van der Waals surface area (Å²) < 4.78 is 32.7. The Morgan fingerprint density at radius 2 is 1.97 bits per heavy atom. The fraction of sp³-hybridized carbons (Fsp3) is 0. The Kier molecular flexibility index (Phi) is 5.53. The number of nitrogens with zero attached hydrogens (tertiary/aromatic N) is 2. The van der Waals surface area contributed by atoms with Gasteiger partial charge in [-0.1, -0.05) is 11.6 Å². The third-order valence-electron chi connectivity index (χ3n) is 3.94. The normalized spacial score (nSPS) is 12.1. The molecule has 0 aliphatic heterocycles. The number of hydrogen-bond donors (Lipinski definition) is 2. The van der Waals surface area contributed by atoms with Gasteiger partial charge in [-0.05, 0) is 42.5 Å². The number of carbonyl (C=O) groups is 1. The molecule has 0 bridgehead atoms. The second kappa shape index (κ2) is 8.27. The summed E-state index contributed by atoms with van der Waals surface area (Å²) in [6, 6.07) is 11.0. The minimum absolute atomic E-state index is 0.0821. The minimum atomic E-state index is -3.73. The summed E-state index contributed by atoms with van der Waals surface area (Å²) in [5.41, 5.74) is 1.79. The number of aromatic nitrogens is 2. The lowest BCUT2D eigenvalue weighted by molar-refractivity contribution is -0.103. The first kappa shape index (κ1) is 20.1. The minimum Gasteiger partial charge on any atom is -0.436 e. The first-order chi connectivity index (χ1) is 14.4. The highest BCUT2D eigenvalue weighted by Gasteiger charge is 2.15. The van der Waals surface area contributed by atoms with Gasteiger partial charge in [0.2, 0.25) is 5.89 Å². The average Bonchev–Trinajstić information content (AvgIpc) is 3.38. The predicted octanol–water partition coefficient (Wildman–Crippen LogP) is 4.39. The average molecular weight is 461 g/mol. The van der Waals surface area contributed by atoms with E-state index in [9.17, 15) is 13.2 Å². The van der Waals surface area contributed by atoms with E-state index in [-0.39, 0.29) is 21.5 Å². The molecule has 0 fully saturated rings. The lowest BCUT2D eigenvalue weighted by Crippen LogP contribution is -2.12. The first-order valence-corrected chi connectivity index (χ1v) is 11.2. The van der Waals surface area contributed by atoms with Gasteiger partial charge < -0.3 is 9.73 Å². The van der Waals surface area contributed by atoms with Crippen molar-refractivity contribution < 1.29 is 17.6 Å². The molecular weight excluding hydrogens is 448 g/mol. The number of hydrogen-bond acceptors (Lipinski definition) is 8. The number of benzene rings is 2. The van der Waals surface area contributed by atoms with E-state index in [2.05, 4.69) is 20.0 Å². The molecule has 2 heterocycles. The maximum atomic E-state index is 12.4. The zero-order valence-electron chi connectivity index (χ0n) is 15.1. The van der Waals surface area contributed by atoms with Gasteiger partial charge in [-0.3, -0.25) is 9.52 Å². The van der Waals surface area contributed by atoms with Crippen LogP contribution in [0.4, 0.5) is 10.8 Å². The number of sulfonamides is 1. The van der Waals surface area contributed by atoms with E-state index in [4.69, 9.17) is 16.0 Å². The largest absolute Gasteiger partial charge is 0.436 e. The maximum Gasteiger partial charge on any atom is 0.263 e. The van der Waals surface area contributed by atoms with Crippen molar-refractivity contribution in [2.45, 2.75) is 4.90 Å². The molecule has 2 N–H and O–H groups in total. The molecule has 2 aromatic heterocycles. The molecule has 8 nitrogen and oxygen atoms in total. The van der Waals surface area contributed by atoms with E-state index < -0.39 is 10.0 Å². The Bertz CT molecular complexity index is 1330. The van der Waals surface area contributed by atoms with Crippen molar-refractivity contribution in [3.8, 4) is 0 Å². The van der Waals surface area contributed by atoms with Gasteiger partial charge in [-0.2, -0.15) is 0 Å².